The third-order valence-electron chi connectivity index (χ3n) is 3.03. The highest BCUT2D eigenvalue weighted by atomic mass is 35.5. The average molecular weight is 265 g/mol. The van der Waals surface area contributed by atoms with E-state index < -0.39 is 0 Å². The predicted molar refractivity (Wildman–Crippen MR) is 71.6 cm³/mol. The number of halogens is 1. The molecular formula is C12H25ClN2O2. The van der Waals surface area contributed by atoms with Gasteiger partial charge in [0.25, 0.3) is 0 Å². The second-order valence-corrected chi connectivity index (χ2v) is 4.45. The van der Waals surface area contributed by atoms with Crippen LogP contribution in [-0.2, 0) is 9.53 Å². The smallest absolute Gasteiger partial charge is 0.220 e. The number of ether oxygens (including phenoxy) is 1. The molecule has 1 amide bonds. The van der Waals surface area contributed by atoms with Crippen LogP contribution in [0.2, 0.25) is 0 Å². The van der Waals surface area contributed by atoms with E-state index in [1.165, 1.54) is 12.8 Å². The lowest BCUT2D eigenvalue weighted by atomic mass is 9.96. The Bertz CT molecular complexity index is 197. The lowest BCUT2D eigenvalue weighted by Gasteiger charge is -2.22. The third-order valence-corrected chi connectivity index (χ3v) is 3.03. The fraction of sp³-hybridized carbons (Fsp3) is 0.917. The van der Waals surface area contributed by atoms with E-state index in [-0.39, 0.29) is 18.3 Å². The van der Waals surface area contributed by atoms with Gasteiger partial charge in [-0.1, -0.05) is 0 Å². The first-order valence-electron chi connectivity index (χ1n) is 6.29. The van der Waals surface area contributed by atoms with Gasteiger partial charge in [0.1, 0.15) is 0 Å². The van der Waals surface area contributed by atoms with E-state index in [1.54, 1.807) is 7.11 Å². The molecule has 2 N–H and O–H groups in total. The summed E-state index contributed by atoms with van der Waals surface area (Å²) in [5.41, 5.74) is 0. The van der Waals surface area contributed by atoms with Crippen LogP contribution in [0.25, 0.3) is 0 Å². The molecular weight excluding hydrogens is 240 g/mol. The van der Waals surface area contributed by atoms with Crippen LogP contribution >= 0.6 is 12.4 Å². The number of hydrogen-bond donors (Lipinski definition) is 2. The van der Waals surface area contributed by atoms with Crippen LogP contribution in [-0.4, -0.2) is 39.3 Å². The lowest BCUT2D eigenvalue weighted by molar-refractivity contribution is -0.121. The lowest BCUT2D eigenvalue weighted by Crippen LogP contribution is -2.33. The first-order valence-corrected chi connectivity index (χ1v) is 6.29. The highest BCUT2D eigenvalue weighted by molar-refractivity contribution is 5.85. The summed E-state index contributed by atoms with van der Waals surface area (Å²) in [5, 5.41) is 6.35. The molecule has 0 bridgehead atoms. The second kappa shape index (κ2) is 10.8. The van der Waals surface area contributed by atoms with E-state index in [9.17, 15) is 4.79 Å². The summed E-state index contributed by atoms with van der Waals surface area (Å²) in [4.78, 5) is 11.4. The molecule has 1 aliphatic heterocycles. The van der Waals surface area contributed by atoms with Crippen LogP contribution in [0.15, 0.2) is 0 Å². The topological polar surface area (TPSA) is 50.4 Å². The van der Waals surface area contributed by atoms with Gasteiger partial charge in [-0.3, -0.25) is 4.79 Å². The summed E-state index contributed by atoms with van der Waals surface area (Å²) in [6, 6.07) is 0. The number of amides is 1. The Morgan fingerprint density at radius 1 is 1.53 bits per heavy atom. The molecule has 1 atom stereocenters. The van der Waals surface area contributed by atoms with Gasteiger partial charge < -0.3 is 15.4 Å². The molecule has 102 valence electrons. The standard InChI is InChI=1S/C12H24N2O2.ClH/c1-16-9-3-5-12(15)14-8-6-11-4-2-7-13-10-11;/h11,13H,2-10H2,1H3,(H,14,15);1H. The molecule has 0 aromatic rings. The Kier molecular flexibility index (Phi) is 10.6. The molecule has 17 heavy (non-hydrogen) atoms. The average Bonchev–Trinajstić information content (AvgIpc) is 2.31. The molecule has 1 heterocycles. The Morgan fingerprint density at radius 2 is 2.35 bits per heavy atom. The molecule has 0 saturated carbocycles. The first-order chi connectivity index (χ1) is 7.83. The van der Waals surface area contributed by atoms with Crippen LogP contribution in [0.3, 0.4) is 0 Å². The van der Waals surface area contributed by atoms with Crippen molar-refractivity contribution in [2.75, 3.05) is 33.4 Å². The number of hydrogen-bond acceptors (Lipinski definition) is 3. The molecule has 0 aromatic carbocycles. The van der Waals surface area contributed by atoms with Crippen molar-refractivity contribution in [1.82, 2.24) is 10.6 Å². The summed E-state index contributed by atoms with van der Waals surface area (Å²) >= 11 is 0. The van der Waals surface area contributed by atoms with Crippen LogP contribution in [0.5, 0.6) is 0 Å². The van der Waals surface area contributed by atoms with E-state index in [4.69, 9.17) is 4.74 Å². The van der Waals surface area contributed by atoms with Crippen molar-refractivity contribution >= 4 is 18.3 Å². The van der Waals surface area contributed by atoms with Gasteiger partial charge >= 0.3 is 0 Å². The number of carbonyl (C=O) groups is 1. The number of nitrogens with one attached hydrogen (secondary N) is 2. The SMILES string of the molecule is COCCCC(=O)NCCC1CCCNC1.Cl. The van der Waals surface area contributed by atoms with Gasteiger partial charge in [-0.05, 0) is 44.7 Å². The summed E-state index contributed by atoms with van der Waals surface area (Å²) in [7, 11) is 1.66. The van der Waals surface area contributed by atoms with Crippen LogP contribution in [0.4, 0.5) is 0 Å². The number of carbonyl (C=O) groups excluding carboxylic acids is 1. The second-order valence-electron chi connectivity index (χ2n) is 4.45. The van der Waals surface area contributed by atoms with Gasteiger partial charge in [0.05, 0.1) is 0 Å². The highest BCUT2D eigenvalue weighted by Gasteiger charge is 2.12. The summed E-state index contributed by atoms with van der Waals surface area (Å²) in [6.07, 6.45) is 5.06. The zero-order valence-corrected chi connectivity index (χ0v) is 11.5. The van der Waals surface area contributed by atoms with Gasteiger partial charge in [-0.15, -0.1) is 12.4 Å². The van der Waals surface area contributed by atoms with Crippen molar-refractivity contribution < 1.29 is 9.53 Å². The Balaban J connectivity index is 0.00000256. The fourth-order valence-corrected chi connectivity index (χ4v) is 2.05. The largest absolute Gasteiger partial charge is 0.385 e. The van der Waals surface area contributed by atoms with E-state index >= 15 is 0 Å². The van der Waals surface area contributed by atoms with Crippen molar-refractivity contribution in [3.63, 3.8) is 0 Å². The maximum atomic E-state index is 11.4. The van der Waals surface area contributed by atoms with Gasteiger partial charge in [0.2, 0.25) is 5.91 Å². The maximum absolute atomic E-state index is 11.4. The molecule has 1 fully saturated rings. The van der Waals surface area contributed by atoms with Crippen molar-refractivity contribution in [1.29, 1.82) is 0 Å². The quantitative estimate of drug-likeness (QED) is 0.683. The number of piperidine rings is 1. The number of rotatable bonds is 7. The summed E-state index contributed by atoms with van der Waals surface area (Å²) in [5.74, 6) is 0.897. The Labute approximate surface area is 110 Å². The van der Waals surface area contributed by atoms with Crippen molar-refractivity contribution in [2.45, 2.75) is 32.1 Å². The molecule has 0 radical (unpaired) electrons. The molecule has 1 unspecified atom stereocenters. The molecule has 5 heteroatoms. The van der Waals surface area contributed by atoms with Gasteiger partial charge in [0, 0.05) is 26.7 Å². The van der Waals surface area contributed by atoms with Gasteiger partial charge in [-0.25, -0.2) is 0 Å². The monoisotopic (exact) mass is 264 g/mol. The zero-order chi connectivity index (χ0) is 11.6. The van der Waals surface area contributed by atoms with Crippen LogP contribution in [0.1, 0.15) is 32.1 Å². The van der Waals surface area contributed by atoms with Crippen molar-refractivity contribution in [3.05, 3.63) is 0 Å². The number of methoxy groups -OCH3 is 1. The molecule has 1 rings (SSSR count). The third kappa shape index (κ3) is 8.41. The Morgan fingerprint density at radius 3 is 3.00 bits per heavy atom. The Hall–Kier alpha value is -0.320. The molecule has 1 aliphatic rings. The van der Waals surface area contributed by atoms with Gasteiger partial charge in [0.15, 0.2) is 0 Å². The van der Waals surface area contributed by atoms with Crippen LogP contribution in [0, 0.1) is 5.92 Å². The highest BCUT2D eigenvalue weighted by Crippen LogP contribution is 2.12. The molecule has 0 aliphatic carbocycles. The van der Waals surface area contributed by atoms with Crippen molar-refractivity contribution in [3.8, 4) is 0 Å². The van der Waals surface area contributed by atoms with Crippen molar-refractivity contribution in [2.24, 2.45) is 5.92 Å². The minimum absolute atomic E-state index is 0. The first kappa shape index (κ1) is 16.7. The van der Waals surface area contributed by atoms with E-state index in [2.05, 4.69) is 10.6 Å². The predicted octanol–water partition coefficient (Wildman–Crippen LogP) is 1.34. The molecule has 0 aromatic heterocycles. The zero-order valence-electron chi connectivity index (χ0n) is 10.7. The van der Waals surface area contributed by atoms with E-state index in [1.807, 2.05) is 0 Å². The summed E-state index contributed by atoms with van der Waals surface area (Å²) in [6.45, 7) is 3.75. The summed E-state index contributed by atoms with van der Waals surface area (Å²) < 4.78 is 4.90. The van der Waals surface area contributed by atoms with Crippen LogP contribution < -0.4 is 10.6 Å². The molecule has 4 nitrogen and oxygen atoms in total. The van der Waals surface area contributed by atoms with E-state index in [0.29, 0.717) is 13.0 Å². The van der Waals surface area contributed by atoms with Gasteiger partial charge in [-0.2, -0.15) is 0 Å². The maximum Gasteiger partial charge on any atom is 0.220 e. The molecule has 0 spiro atoms. The minimum atomic E-state index is 0. The molecule has 1 saturated heterocycles. The van der Waals surface area contributed by atoms with E-state index in [0.717, 1.165) is 38.4 Å². The normalized spacial score (nSPS) is 19.5. The fourth-order valence-electron chi connectivity index (χ4n) is 2.05. The minimum Gasteiger partial charge on any atom is -0.385 e.